The molecule has 5 nitrogen and oxygen atoms in total. The molecule has 22 heavy (non-hydrogen) atoms. The Bertz CT molecular complexity index is 489. The minimum atomic E-state index is -0.198. The second-order valence-corrected chi connectivity index (χ2v) is 6.36. The Balaban J connectivity index is 2.35. The molecule has 0 saturated heterocycles. The van der Waals surface area contributed by atoms with Crippen molar-refractivity contribution in [3.63, 3.8) is 0 Å². The van der Waals surface area contributed by atoms with Crippen LogP contribution in [0.2, 0.25) is 0 Å². The number of amides is 2. The van der Waals surface area contributed by atoms with Crippen LogP contribution < -0.4 is 10.6 Å². The van der Waals surface area contributed by atoms with E-state index in [9.17, 15) is 9.59 Å². The van der Waals surface area contributed by atoms with E-state index in [0.29, 0.717) is 12.0 Å². The van der Waals surface area contributed by atoms with Gasteiger partial charge in [-0.2, -0.15) is 0 Å². The number of nitrogens with one attached hydrogen (secondary N) is 2. The van der Waals surface area contributed by atoms with E-state index in [4.69, 9.17) is 5.11 Å². The lowest BCUT2D eigenvalue weighted by atomic mass is 10.0. The SMILES string of the molecule is CC(C)[C@H](CCO)NC(=O)CCNC(=O)c1ccc(Br)cc1. The number of halogens is 1. The maximum absolute atomic E-state index is 11.9. The van der Waals surface area contributed by atoms with Crippen LogP contribution in [-0.4, -0.2) is 36.1 Å². The minimum Gasteiger partial charge on any atom is -0.396 e. The van der Waals surface area contributed by atoms with Gasteiger partial charge in [0.15, 0.2) is 0 Å². The van der Waals surface area contributed by atoms with Crippen LogP contribution in [-0.2, 0) is 4.79 Å². The van der Waals surface area contributed by atoms with Gasteiger partial charge < -0.3 is 15.7 Å². The second-order valence-electron chi connectivity index (χ2n) is 5.44. The van der Waals surface area contributed by atoms with Gasteiger partial charge in [0.25, 0.3) is 5.91 Å². The van der Waals surface area contributed by atoms with Gasteiger partial charge in [-0.25, -0.2) is 0 Å². The molecule has 122 valence electrons. The van der Waals surface area contributed by atoms with Crippen LogP contribution in [0.3, 0.4) is 0 Å². The van der Waals surface area contributed by atoms with Gasteiger partial charge in [0.05, 0.1) is 0 Å². The van der Waals surface area contributed by atoms with Crippen LogP contribution in [0, 0.1) is 5.92 Å². The van der Waals surface area contributed by atoms with Gasteiger partial charge in [0.1, 0.15) is 0 Å². The maximum Gasteiger partial charge on any atom is 0.251 e. The molecule has 1 aromatic rings. The topological polar surface area (TPSA) is 78.4 Å². The molecule has 0 unspecified atom stereocenters. The summed E-state index contributed by atoms with van der Waals surface area (Å²) in [5, 5.41) is 14.6. The van der Waals surface area contributed by atoms with Gasteiger partial charge in [0, 0.05) is 35.7 Å². The Morgan fingerprint density at radius 2 is 1.86 bits per heavy atom. The Hall–Kier alpha value is -1.40. The number of aliphatic hydroxyl groups excluding tert-OH is 1. The molecule has 0 aliphatic carbocycles. The van der Waals surface area contributed by atoms with Crippen LogP contribution in [0.4, 0.5) is 0 Å². The Morgan fingerprint density at radius 3 is 2.41 bits per heavy atom. The Kier molecular flexibility index (Phi) is 8.12. The van der Waals surface area contributed by atoms with E-state index in [1.807, 2.05) is 13.8 Å². The largest absolute Gasteiger partial charge is 0.396 e. The molecule has 2 amide bonds. The molecule has 0 aromatic heterocycles. The van der Waals surface area contributed by atoms with Gasteiger partial charge in [-0.15, -0.1) is 0 Å². The van der Waals surface area contributed by atoms with Crippen molar-refractivity contribution < 1.29 is 14.7 Å². The smallest absolute Gasteiger partial charge is 0.251 e. The Labute approximate surface area is 139 Å². The molecule has 0 aliphatic rings. The van der Waals surface area contributed by atoms with Crippen molar-refractivity contribution in [1.82, 2.24) is 10.6 Å². The van der Waals surface area contributed by atoms with Crippen molar-refractivity contribution >= 4 is 27.7 Å². The molecule has 0 fully saturated rings. The van der Waals surface area contributed by atoms with E-state index >= 15 is 0 Å². The average molecular weight is 371 g/mol. The van der Waals surface area contributed by atoms with Gasteiger partial charge >= 0.3 is 0 Å². The number of carbonyl (C=O) groups excluding carboxylic acids is 2. The van der Waals surface area contributed by atoms with E-state index in [1.165, 1.54) is 0 Å². The normalized spacial score (nSPS) is 12.0. The molecule has 6 heteroatoms. The van der Waals surface area contributed by atoms with E-state index in [2.05, 4.69) is 26.6 Å². The van der Waals surface area contributed by atoms with Crippen molar-refractivity contribution in [2.75, 3.05) is 13.2 Å². The molecule has 0 bridgehead atoms. The monoisotopic (exact) mass is 370 g/mol. The number of aliphatic hydroxyl groups is 1. The number of carbonyl (C=O) groups is 2. The standard InChI is InChI=1S/C16H23BrN2O3/c1-11(2)14(8-10-20)19-15(21)7-9-18-16(22)12-3-5-13(17)6-4-12/h3-6,11,14,20H,7-10H2,1-2H3,(H,18,22)(H,19,21)/t14-/m0/s1. The highest BCUT2D eigenvalue weighted by atomic mass is 79.9. The fourth-order valence-corrected chi connectivity index (χ4v) is 2.25. The zero-order valence-corrected chi connectivity index (χ0v) is 14.5. The van der Waals surface area contributed by atoms with E-state index in [0.717, 1.165) is 4.47 Å². The summed E-state index contributed by atoms with van der Waals surface area (Å²) < 4.78 is 0.909. The molecule has 1 atom stereocenters. The summed E-state index contributed by atoms with van der Waals surface area (Å²) in [5.74, 6) is -0.0622. The predicted octanol–water partition coefficient (Wildman–Crippen LogP) is 2.09. The molecular formula is C16H23BrN2O3. The van der Waals surface area contributed by atoms with E-state index in [-0.39, 0.29) is 43.3 Å². The lowest BCUT2D eigenvalue weighted by Gasteiger charge is -2.21. The zero-order valence-electron chi connectivity index (χ0n) is 12.9. The molecule has 1 rings (SSSR count). The minimum absolute atomic E-state index is 0.0420. The predicted molar refractivity (Wildman–Crippen MR) is 89.6 cm³/mol. The van der Waals surface area contributed by atoms with Crippen molar-refractivity contribution in [2.45, 2.75) is 32.7 Å². The summed E-state index contributed by atoms with van der Waals surface area (Å²) in [6.45, 7) is 4.32. The van der Waals surface area contributed by atoms with Crippen LogP contribution in [0.1, 0.15) is 37.0 Å². The fourth-order valence-electron chi connectivity index (χ4n) is 1.98. The summed E-state index contributed by atoms with van der Waals surface area (Å²) in [6.07, 6.45) is 0.756. The first-order chi connectivity index (χ1) is 10.4. The van der Waals surface area contributed by atoms with Crippen molar-refractivity contribution in [3.8, 4) is 0 Å². The number of benzene rings is 1. The second kappa shape index (κ2) is 9.58. The highest BCUT2D eigenvalue weighted by Gasteiger charge is 2.15. The highest BCUT2D eigenvalue weighted by molar-refractivity contribution is 9.10. The fraction of sp³-hybridized carbons (Fsp3) is 0.500. The van der Waals surface area contributed by atoms with Crippen LogP contribution >= 0.6 is 15.9 Å². The molecule has 1 aromatic carbocycles. The van der Waals surface area contributed by atoms with Crippen LogP contribution in [0.25, 0.3) is 0 Å². The third-order valence-corrected chi connectivity index (χ3v) is 3.86. The summed E-state index contributed by atoms with van der Waals surface area (Å²) >= 11 is 3.31. The van der Waals surface area contributed by atoms with Gasteiger partial charge in [0.2, 0.25) is 5.91 Å². The number of hydrogen-bond acceptors (Lipinski definition) is 3. The molecular weight excluding hydrogens is 348 g/mol. The first-order valence-corrected chi connectivity index (χ1v) is 8.17. The molecule has 0 radical (unpaired) electrons. The summed E-state index contributed by atoms with van der Waals surface area (Å²) in [7, 11) is 0. The summed E-state index contributed by atoms with van der Waals surface area (Å²) in [4.78, 5) is 23.7. The van der Waals surface area contributed by atoms with Gasteiger partial charge in [-0.3, -0.25) is 9.59 Å². The third kappa shape index (κ3) is 6.58. The maximum atomic E-state index is 11.9. The van der Waals surface area contributed by atoms with Gasteiger partial charge in [-0.05, 0) is 36.6 Å². The van der Waals surface area contributed by atoms with Crippen molar-refractivity contribution in [2.24, 2.45) is 5.92 Å². The lowest BCUT2D eigenvalue weighted by molar-refractivity contribution is -0.122. The number of rotatable bonds is 8. The third-order valence-electron chi connectivity index (χ3n) is 3.34. The molecule has 0 aliphatic heterocycles. The summed E-state index contributed by atoms with van der Waals surface area (Å²) in [5.41, 5.74) is 0.559. The lowest BCUT2D eigenvalue weighted by Crippen LogP contribution is -2.40. The average Bonchev–Trinajstić information content (AvgIpc) is 2.47. The van der Waals surface area contributed by atoms with Crippen molar-refractivity contribution in [1.29, 1.82) is 0 Å². The molecule has 0 heterocycles. The Morgan fingerprint density at radius 1 is 1.23 bits per heavy atom. The first kappa shape index (κ1) is 18.6. The first-order valence-electron chi connectivity index (χ1n) is 7.38. The molecule has 0 saturated carbocycles. The summed E-state index contributed by atoms with van der Waals surface area (Å²) in [6, 6.07) is 6.98. The zero-order chi connectivity index (χ0) is 16.5. The number of hydrogen-bond donors (Lipinski definition) is 3. The molecule has 3 N–H and O–H groups in total. The van der Waals surface area contributed by atoms with Crippen LogP contribution in [0.15, 0.2) is 28.7 Å². The van der Waals surface area contributed by atoms with Crippen LogP contribution in [0.5, 0.6) is 0 Å². The van der Waals surface area contributed by atoms with E-state index < -0.39 is 0 Å². The quantitative estimate of drug-likeness (QED) is 0.655. The van der Waals surface area contributed by atoms with Gasteiger partial charge in [-0.1, -0.05) is 29.8 Å². The van der Waals surface area contributed by atoms with E-state index in [1.54, 1.807) is 24.3 Å². The molecule has 0 spiro atoms. The van der Waals surface area contributed by atoms with Crippen molar-refractivity contribution in [3.05, 3.63) is 34.3 Å². The highest BCUT2D eigenvalue weighted by Crippen LogP contribution is 2.10.